The highest BCUT2D eigenvalue weighted by Crippen LogP contribution is 2.59. The maximum Gasteiger partial charge on any atom is 0.0317 e. The Hall–Kier alpha value is -0.980. The molecule has 2 aliphatic rings. The Balaban J connectivity index is 2.09. The van der Waals surface area contributed by atoms with Crippen molar-refractivity contribution in [2.24, 2.45) is 11.8 Å². The molecule has 2 bridgehead atoms. The summed E-state index contributed by atoms with van der Waals surface area (Å²) in [5, 5.41) is 0. The first-order chi connectivity index (χ1) is 7.18. The van der Waals surface area contributed by atoms with Crippen LogP contribution in [0.15, 0.2) is 18.2 Å². The van der Waals surface area contributed by atoms with Gasteiger partial charge in [-0.05, 0) is 59.8 Å². The zero-order valence-corrected chi connectivity index (χ0v) is 9.53. The molecular formula is C14H19N. The first kappa shape index (κ1) is 9.26. The van der Waals surface area contributed by atoms with Crippen molar-refractivity contribution < 1.29 is 0 Å². The molecule has 1 nitrogen and oxygen atoms in total. The maximum absolute atomic E-state index is 5.88. The molecule has 3 rings (SSSR count). The van der Waals surface area contributed by atoms with E-state index in [-0.39, 0.29) is 0 Å². The maximum atomic E-state index is 5.88. The van der Waals surface area contributed by atoms with Gasteiger partial charge in [-0.1, -0.05) is 19.9 Å². The number of nitrogens with two attached hydrogens (primary N) is 1. The SMILES string of the molecule is CC(C)C1C2CCC1c1cc(N)ccc12. The summed E-state index contributed by atoms with van der Waals surface area (Å²) in [7, 11) is 0. The standard InChI is InChI=1S/C14H19N/c1-8(2)14-11-5-6-12(14)13-7-9(15)3-4-10(11)13/h3-4,7-8,11-12,14H,5-6,15H2,1-2H3. The molecule has 0 amide bonds. The second kappa shape index (κ2) is 3.01. The molecule has 2 N–H and O–H groups in total. The summed E-state index contributed by atoms with van der Waals surface area (Å²) >= 11 is 0. The molecule has 0 spiro atoms. The predicted molar refractivity (Wildman–Crippen MR) is 63.9 cm³/mol. The fourth-order valence-corrected chi connectivity index (χ4v) is 3.93. The molecule has 1 saturated carbocycles. The molecule has 1 heteroatoms. The summed E-state index contributed by atoms with van der Waals surface area (Å²) in [6.45, 7) is 4.73. The molecular weight excluding hydrogens is 182 g/mol. The molecule has 3 unspecified atom stereocenters. The Kier molecular flexibility index (Phi) is 1.86. The Labute approximate surface area is 91.7 Å². The van der Waals surface area contributed by atoms with E-state index in [0.717, 1.165) is 29.4 Å². The number of anilines is 1. The highest BCUT2D eigenvalue weighted by atomic mass is 14.6. The van der Waals surface area contributed by atoms with Crippen LogP contribution in [0.3, 0.4) is 0 Å². The molecule has 1 aromatic rings. The lowest BCUT2D eigenvalue weighted by Crippen LogP contribution is -2.11. The van der Waals surface area contributed by atoms with Gasteiger partial charge in [-0.15, -0.1) is 0 Å². The van der Waals surface area contributed by atoms with E-state index in [1.165, 1.54) is 12.8 Å². The Morgan fingerprint density at radius 3 is 2.47 bits per heavy atom. The van der Waals surface area contributed by atoms with Crippen LogP contribution in [0.4, 0.5) is 5.69 Å². The van der Waals surface area contributed by atoms with Gasteiger partial charge in [-0.25, -0.2) is 0 Å². The van der Waals surface area contributed by atoms with Crippen LogP contribution in [0.1, 0.15) is 49.7 Å². The van der Waals surface area contributed by atoms with Crippen LogP contribution >= 0.6 is 0 Å². The minimum atomic E-state index is 0.800. The van der Waals surface area contributed by atoms with E-state index in [9.17, 15) is 0 Å². The number of hydrogen-bond acceptors (Lipinski definition) is 1. The number of fused-ring (bicyclic) bond motifs is 5. The Morgan fingerprint density at radius 2 is 1.80 bits per heavy atom. The van der Waals surface area contributed by atoms with Crippen molar-refractivity contribution in [2.75, 3.05) is 5.73 Å². The summed E-state index contributed by atoms with van der Waals surface area (Å²) < 4.78 is 0. The van der Waals surface area contributed by atoms with Gasteiger partial charge in [0.1, 0.15) is 0 Å². The molecule has 0 heterocycles. The summed E-state index contributed by atoms with van der Waals surface area (Å²) in [5.74, 6) is 3.30. The van der Waals surface area contributed by atoms with Crippen LogP contribution in [-0.4, -0.2) is 0 Å². The summed E-state index contributed by atoms with van der Waals surface area (Å²) in [6.07, 6.45) is 2.77. The fourth-order valence-electron chi connectivity index (χ4n) is 3.93. The average molecular weight is 201 g/mol. The Bertz CT molecular complexity index is 394. The van der Waals surface area contributed by atoms with Crippen molar-refractivity contribution >= 4 is 5.69 Å². The van der Waals surface area contributed by atoms with E-state index in [1.807, 2.05) is 0 Å². The van der Waals surface area contributed by atoms with Crippen molar-refractivity contribution in [3.05, 3.63) is 29.3 Å². The molecule has 0 saturated heterocycles. The Morgan fingerprint density at radius 1 is 1.13 bits per heavy atom. The minimum Gasteiger partial charge on any atom is -0.399 e. The van der Waals surface area contributed by atoms with Crippen LogP contribution < -0.4 is 5.73 Å². The normalized spacial score (nSPS) is 32.3. The minimum absolute atomic E-state index is 0.800. The second-order valence-electron chi connectivity index (χ2n) is 5.50. The smallest absolute Gasteiger partial charge is 0.0317 e. The van der Waals surface area contributed by atoms with Gasteiger partial charge in [0.15, 0.2) is 0 Å². The lowest BCUT2D eigenvalue weighted by Gasteiger charge is -2.19. The molecule has 2 aliphatic carbocycles. The molecule has 0 radical (unpaired) electrons. The highest BCUT2D eigenvalue weighted by molar-refractivity contribution is 5.52. The predicted octanol–water partition coefficient (Wildman–Crippen LogP) is 3.52. The molecule has 0 aliphatic heterocycles. The first-order valence-electron chi connectivity index (χ1n) is 6.08. The van der Waals surface area contributed by atoms with E-state index in [2.05, 4.69) is 32.0 Å². The van der Waals surface area contributed by atoms with E-state index in [4.69, 9.17) is 5.73 Å². The van der Waals surface area contributed by atoms with Crippen molar-refractivity contribution in [3.63, 3.8) is 0 Å². The molecule has 1 aromatic carbocycles. The second-order valence-corrected chi connectivity index (χ2v) is 5.50. The van der Waals surface area contributed by atoms with Gasteiger partial charge in [0.2, 0.25) is 0 Å². The summed E-state index contributed by atoms with van der Waals surface area (Å²) in [6, 6.07) is 6.55. The topological polar surface area (TPSA) is 26.0 Å². The number of nitrogen functional groups attached to an aromatic ring is 1. The van der Waals surface area contributed by atoms with Gasteiger partial charge in [0.25, 0.3) is 0 Å². The molecule has 3 atom stereocenters. The van der Waals surface area contributed by atoms with Gasteiger partial charge in [0, 0.05) is 5.69 Å². The molecule has 1 fully saturated rings. The molecule has 80 valence electrons. The fraction of sp³-hybridized carbons (Fsp3) is 0.571. The van der Waals surface area contributed by atoms with E-state index in [1.54, 1.807) is 11.1 Å². The first-order valence-corrected chi connectivity index (χ1v) is 6.08. The van der Waals surface area contributed by atoms with Gasteiger partial charge in [-0.3, -0.25) is 0 Å². The van der Waals surface area contributed by atoms with E-state index in [0.29, 0.717) is 0 Å². The van der Waals surface area contributed by atoms with Crippen molar-refractivity contribution in [2.45, 2.75) is 38.5 Å². The van der Waals surface area contributed by atoms with Crippen molar-refractivity contribution in [1.82, 2.24) is 0 Å². The summed E-state index contributed by atoms with van der Waals surface area (Å²) in [5.41, 5.74) is 9.97. The van der Waals surface area contributed by atoms with Crippen LogP contribution in [0, 0.1) is 11.8 Å². The van der Waals surface area contributed by atoms with Crippen LogP contribution in [0.5, 0.6) is 0 Å². The largest absolute Gasteiger partial charge is 0.399 e. The zero-order chi connectivity index (χ0) is 10.6. The van der Waals surface area contributed by atoms with Gasteiger partial charge in [-0.2, -0.15) is 0 Å². The quantitative estimate of drug-likeness (QED) is 0.691. The van der Waals surface area contributed by atoms with E-state index >= 15 is 0 Å². The lowest BCUT2D eigenvalue weighted by molar-refractivity contribution is 0.352. The van der Waals surface area contributed by atoms with Crippen molar-refractivity contribution in [3.8, 4) is 0 Å². The van der Waals surface area contributed by atoms with Gasteiger partial charge < -0.3 is 5.73 Å². The zero-order valence-electron chi connectivity index (χ0n) is 9.53. The highest BCUT2D eigenvalue weighted by Gasteiger charge is 2.46. The van der Waals surface area contributed by atoms with Gasteiger partial charge >= 0.3 is 0 Å². The molecule has 15 heavy (non-hydrogen) atoms. The average Bonchev–Trinajstić information content (AvgIpc) is 2.72. The third-order valence-corrected chi connectivity index (χ3v) is 4.40. The van der Waals surface area contributed by atoms with Crippen molar-refractivity contribution in [1.29, 1.82) is 0 Å². The number of benzene rings is 1. The van der Waals surface area contributed by atoms with Crippen LogP contribution in [0.25, 0.3) is 0 Å². The third kappa shape index (κ3) is 1.15. The third-order valence-electron chi connectivity index (χ3n) is 4.40. The van der Waals surface area contributed by atoms with E-state index < -0.39 is 0 Å². The molecule has 0 aromatic heterocycles. The van der Waals surface area contributed by atoms with Crippen LogP contribution in [0.2, 0.25) is 0 Å². The van der Waals surface area contributed by atoms with Gasteiger partial charge in [0.05, 0.1) is 0 Å². The monoisotopic (exact) mass is 201 g/mol. The number of rotatable bonds is 1. The summed E-state index contributed by atoms with van der Waals surface area (Å²) in [4.78, 5) is 0. The number of hydrogen-bond donors (Lipinski definition) is 1. The van der Waals surface area contributed by atoms with Crippen LogP contribution in [-0.2, 0) is 0 Å². The lowest BCUT2D eigenvalue weighted by atomic mass is 9.85.